The first kappa shape index (κ1) is 12.7. The molecule has 104 valence electrons. The first-order valence-corrected chi connectivity index (χ1v) is 6.75. The topological polar surface area (TPSA) is 72.4 Å². The number of benzene rings is 1. The van der Waals surface area contributed by atoms with Crippen LogP contribution in [0, 0.1) is 6.92 Å². The Bertz CT molecular complexity index is 636. The quantitative estimate of drug-likeness (QED) is 0.852. The predicted molar refractivity (Wildman–Crippen MR) is 75.1 cm³/mol. The molecule has 1 unspecified atom stereocenters. The third-order valence-electron chi connectivity index (χ3n) is 3.68. The zero-order chi connectivity index (χ0) is 14.1. The predicted octanol–water partition coefficient (Wildman–Crippen LogP) is 2.54. The first-order valence-electron chi connectivity index (χ1n) is 6.75. The number of carbonyl (C=O) groups is 1. The van der Waals surface area contributed by atoms with Gasteiger partial charge < -0.3 is 15.2 Å². The monoisotopic (exact) mass is 271 g/mol. The largest absolute Gasteiger partial charge is 0.398 e. The van der Waals surface area contributed by atoms with Crippen LogP contribution in [-0.2, 0) is 0 Å². The summed E-state index contributed by atoms with van der Waals surface area (Å²) < 4.78 is 5.32. The van der Waals surface area contributed by atoms with Gasteiger partial charge in [-0.2, -0.15) is 0 Å². The van der Waals surface area contributed by atoms with Crippen molar-refractivity contribution in [1.82, 2.24) is 10.1 Å². The minimum absolute atomic E-state index is 0.0386. The van der Waals surface area contributed by atoms with Gasteiger partial charge in [0.05, 0.1) is 17.3 Å². The van der Waals surface area contributed by atoms with Gasteiger partial charge in [0.25, 0.3) is 5.91 Å². The summed E-state index contributed by atoms with van der Waals surface area (Å²) >= 11 is 0. The summed E-state index contributed by atoms with van der Waals surface area (Å²) in [4.78, 5) is 14.5. The zero-order valence-corrected chi connectivity index (χ0v) is 11.4. The molecule has 0 aliphatic carbocycles. The Balaban J connectivity index is 1.89. The van der Waals surface area contributed by atoms with Crippen molar-refractivity contribution in [3.05, 3.63) is 47.3 Å². The summed E-state index contributed by atoms with van der Waals surface area (Å²) in [6.45, 7) is 2.60. The second kappa shape index (κ2) is 5.00. The Labute approximate surface area is 117 Å². The van der Waals surface area contributed by atoms with E-state index in [-0.39, 0.29) is 11.9 Å². The number of nitrogens with zero attached hydrogens (tertiary/aromatic N) is 2. The van der Waals surface area contributed by atoms with E-state index in [1.165, 1.54) is 0 Å². The van der Waals surface area contributed by atoms with Gasteiger partial charge in [-0.3, -0.25) is 4.79 Å². The van der Waals surface area contributed by atoms with Gasteiger partial charge in [-0.1, -0.05) is 17.3 Å². The molecule has 1 atom stereocenters. The van der Waals surface area contributed by atoms with E-state index >= 15 is 0 Å². The Morgan fingerprint density at radius 3 is 2.95 bits per heavy atom. The third kappa shape index (κ3) is 2.15. The van der Waals surface area contributed by atoms with Gasteiger partial charge in [-0.05, 0) is 31.9 Å². The lowest BCUT2D eigenvalue weighted by atomic mass is 10.1. The molecule has 1 aliphatic rings. The van der Waals surface area contributed by atoms with Crippen LogP contribution in [0.25, 0.3) is 0 Å². The molecule has 2 aromatic rings. The summed E-state index contributed by atoms with van der Waals surface area (Å²) in [5.74, 6) is 0.711. The highest BCUT2D eigenvalue weighted by atomic mass is 16.5. The summed E-state index contributed by atoms with van der Waals surface area (Å²) in [5.41, 5.74) is 7.79. The SMILES string of the molecule is Cc1cc(C2CCCN2C(=O)c2ccccc2N)on1. The molecule has 0 spiro atoms. The molecule has 5 nitrogen and oxygen atoms in total. The van der Waals surface area contributed by atoms with E-state index in [4.69, 9.17) is 10.3 Å². The maximum Gasteiger partial charge on any atom is 0.256 e. The Morgan fingerprint density at radius 2 is 2.25 bits per heavy atom. The molecule has 5 heteroatoms. The number of nitrogens with two attached hydrogens (primary N) is 1. The molecule has 0 saturated carbocycles. The fraction of sp³-hybridized carbons (Fsp3) is 0.333. The van der Waals surface area contributed by atoms with Crippen LogP contribution in [-0.4, -0.2) is 22.5 Å². The van der Waals surface area contributed by atoms with E-state index < -0.39 is 0 Å². The summed E-state index contributed by atoms with van der Waals surface area (Å²) in [6.07, 6.45) is 1.86. The number of aromatic nitrogens is 1. The number of carbonyl (C=O) groups excluding carboxylic acids is 1. The zero-order valence-electron chi connectivity index (χ0n) is 11.4. The van der Waals surface area contributed by atoms with Crippen LogP contribution in [0.2, 0.25) is 0 Å². The molecule has 2 N–H and O–H groups in total. The number of para-hydroxylation sites is 1. The van der Waals surface area contributed by atoms with Crippen molar-refractivity contribution < 1.29 is 9.32 Å². The van der Waals surface area contributed by atoms with Crippen LogP contribution in [0.4, 0.5) is 5.69 Å². The van der Waals surface area contributed by atoms with Crippen LogP contribution >= 0.6 is 0 Å². The lowest BCUT2D eigenvalue weighted by Crippen LogP contribution is -2.30. The fourth-order valence-electron chi connectivity index (χ4n) is 2.69. The van der Waals surface area contributed by atoms with Crippen LogP contribution in [0.5, 0.6) is 0 Å². The minimum atomic E-state index is -0.0420. The fourth-order valence-corrected chi connectivity index (χ4v) is 2.69. The van der Waals surface area contributed by atoms with Crippen molar-refractivity contribution in [1.29, 1.82) is 0 Å². The Hall–Kier alpha value is -2.30. The van der Waals surface area contributed by atoms with E-state index in [2.05, 4.69) is 5.16 Å². The van der Waals surface area contributed by atoms with E-state index in [0.29, 0.717) is 11.3 Å². The smallest absolute Gasteiger partial charge is 0.256 e. The van der Waals surface area contributed by atoms with Crippen LogP contribution in [0.15, 0.2) is 34.9 Å². The molecule has 1 aromatic heterocycles. The van der Waals surface area contributed by atoms with Gasteiger partial charge in [0.1, 0.15) is 0 Å². The Morgan fingerprint density at radius 1 is 1.45 bits per heavy atom. The maximum absolute atomic E-state index is 12.6. The second-order valence-corrected chi connectivity index (χ2v) is 5.11. The van der Waals surface area contributed by atoms with E-state index in [0.717, 1.165) is 30.8 Å². The third-order valence-corrected chi connectivity index (χ3v) is 3.68. The standard InChI is InChI=1S/C15H17N3O2/c1-10-9-14(20-17-10)13-7-4-8-18(13)15(19)11-5-2-3-6-12(11)16/h2-3,5-6,9,13H,4,7-8,16H2,1H3. The summed E-state index contributed by atoms with van der Waals surface area (Å²) in [7, 11) is 0. The number of rotatable bonds is 2. The first-order chi connectivity index (χ1) is 9.66. The molecule has 1 amide bonds. The number of hydrogen-bond acceptors (Lipinski definition) is 4. The van der Waals surface area contributed by atoms with Crippen molar-refractivity contribution >= 4 is 11.6 Å². The van der Waals surface area contributed by atoms with Crippen LogP contribution in [0.3, 0.4) is 0 Å². The van der Waals surface area contributed by atoms with Gasteiger partial charge in [0.2, 0.25) is 0 Å². The van der Waals surface area contributed by atoms with Crippen molar-refractivity contribution in [2.75, 3.05) is 12.3 Å². The van der Waals surface area contributed by atoms with Gasteiger partial charge in [-0.15, -0.1) is 0 Å². The number of anilines is 1. The lowest BCUT2D eigenvalue weighted by Gasteiger charge is -2.23. The molecule has 1 aromatic carbocycles. The molecule has 20 heavy (non-hydrogen) atoms. The molecule has 3 rings (SSSR count). The number of amides is 1. The molecule has 2 heterocycles. The molecule has 1 saturated heterocycles. The number of nitrogen functional groups attached to an aromatic ring is 1. The molecular weight excluding hydrogens is 254 g/mol. The highest BCUT2D eigenvalue weighted by Crippen LogP contribution is 2.34. The number of aryl methyl sites for hydroxylation is 1. The molecule has 1 fully saturated rings. The summed E-state index contributed by atoms with van der Waals surface area (Å²) in [6, 6.07) is 9.02. The maximum atomic E-state index is 12.6. The molecule has 0 radical (unpaired) electrons. The number of likely N-dealkylation sites (tertiary alicyclic amines) is 1. The van der Waals surface area contributed by atoms with E-state index in [1.54, 1.807) is 12.1 Å². The average Bonchev–Trinajstić information content (AvgIpc) is 3.06. The normalized spacial score (nSPS) is 18.4. The van der Waals surface area contributed by atoms with E-state index in [1.807, 2.05) is 30.0 Å². The van der Waals surface area contributed by atoms with Crippen LogP contribution < -0.4 is 5.73 Å². The van der Waals surface area contributed by atoms with Crippen molar-refractivity contribution in [2.45, 2.75) is 25.8 Å². The molecule has 1 aliphatic heterocycles. The number of hydrogen-bond donors (Lipinski definition) is 1. The van der Waals surface area contributed by atoms with Gasteiger partial charge in [-0.25, -0.2) is 0 Å². The van der Waals surface area contributed by atoms with Crippen molar-refractivity contribution in [2.24, 2.45) is 0 Å². The van der Waals surface area contributed by atoms with Gasteiger partial charge >= 0.3 is 0 Å². The molecule has 0 bridgehead atoms. The second-order valence-electron chi connectivity index (χ2n) is 5.11. The lowest BCUT2D eigenvalue weighted by molar-refractivity contribution is 0.0715. The summed E-state index contributed by atoms with van der Waals surface area (Å²) in [5, 5.41) is 3.91. The minimum Gasteiger partial charge on any atom is -0.398 e. The van der Waals surface area contributed by atoms with Gasteiger partial charge in [0.15, 0.2) is 5.76 Å². The highest BCUT2D eigenvalue weighted by Gasteiger charge is 2.33. The molecular formula is C15H17N3O2. The van der Waals surface area contributed by atoms with Crippen molar-refractivity contribution in [3.63, 3.8) is 0 Å². The average molecular weight is 271 g/mol. The van der Waals surface area contributed by atoms with Gasteiger partial charge in [0, 0.05) is 18.3 Å². The highest BCUT2D eigenvalue weighted by molar-refractivity contribution is 5.99. The van der Waals surface area contributed by atoms with Crippen LogP contribution in [0.1, 0.15) is 40.7 Å². The Kier molecular flexibility index (Phi) is 3.18. The van der Waals surface area contributed by atoms with E-state index in [9.17, 15) is 4.79 Å². The van der Waals surface area contributed by atoms with Crippen molar-refractivity contribution in [3.8, 4) is 0 Å².